The van der Waals surface area contributed by atoms with Gasteiger partial charge in [-0.25, -0.2) is 0 Å². The quantitative estimate of drug-likeness (QED) is 0.555. The molecule has 0 saturated heterocycles. The van der Waals surface area contributed by atoms with E-state index in [4.69, 9.17) is 23.4 Å². The minimum atomic E-state index is -2.15. The number of rotatable bonds is 6. The van der Waals surface area contributed by atoms with Crippen LogP contribution in [0.5, 0.6) is 0 Å². The predicted octanol–water partition coefficient (Wildman–Crippen LogP) is 3.36. The van der Waals surface area contributed by atoms with Gasteiger partial charge in [0.05, 0.1) is 0 Å². The summed E-state index contributed by atoms with van der Waals surface area (Å²) in [5.41, 5.74) is 0. The van der Waals surface area contributed by atoms with Gasteiger partial charge in [0, 0.05) is 0 Å². The van der Waals surface area contributed by atoms with Crippen LogP contribution in [0.25, 0.3) is 0 Å². The molecule has 0 aromatic rings. The zero-order chi connectivity index (χ0) is 13.2. The summed E-state index contributed by atoms with van der Waals surface area (Å²) in [5.74, 6) is 0. The van der Waals surface area contributed by atoms with Gasteiger partial charge in [0.2, 0.25) is 0 Å². The summed E-state index contributed by atoms with van der Waals surface area (Å²) in [6, 6.07) is 0. The summed E-state index contributed by atoms with van der Waals surface area (Å²) in [6.07, 6.45) is 0. The monoisotopic (exact) mass is 316 g/mol. The molecule has 0 N–H and O–H groups in total. The normalized spacial score (nSPS) is 14.6. The molecule has 0 bridgehead atoms. The van der Waals surface area contributed by atoms with Crippen LogP contribution < -0.4 is 0 Å². The first kappa shape index (κ1) is 17.0. The van der Waals surface area contributed by atoms with Crippen LogP contribution in [-0.2, 0) is 12.3 Å². The molecule has 0 rings (SSSR count). The Morgan fingerprint density at radius 3 is 1.56 bits per heavy atom. The molecule has 0 spiro atoms. The third-order valence-corrected chi connectivity index (χ3v) is 14.2. The van der Waals surface area contributed by atoms with Gasteiger partial charge in [-0.3, -0.25) is 0 Å². The largest absolute Gasteiger partial charge is 0.440 e. The lowest BCUT2D eigenvalue weighted by molar-refractivity contribution is 0.338. The summed E-state index contributed by atoms with van der Waals surface area (Å²) in [6.45, 7) is 16.5. The third kappa shape index (κ3) is 9.11. The highest BCUT2D eigenvalue weighted by atomic mass is 35.6. The van der Waals surface area contributed by atoms with Gasteiger partial charge in [-0.15, -0.1) is 11.1 Å². The maximum atomic E-state index is 6.21. The molecule has 3 nitrogen and oxygen atoms in total. The molecule has 98 valence electrons. The molecule has 0 aliphatic heterocycles. The first-order chi connectivity index (χ1) is 6.83. The van der Waals surface area contributed by atoms with Crippen molar-refractivity contribution in [2.45, 2.75) is 52.4 Å². The second-order valence-electron chi connectivity index (χ2n) is 5.53. The summed E-state index contributed by atoms with van der Waals surface area (Å²) in [5, 5.41) is 0. The highest BCUT2D eigenvalue weighted by Gasteiger charge is 2.40. The zero-order valence-electron chi connectivity index (χ0n) is 11.7. The van der Waals surface area contributed by atoms with Crippen LogP contribution in [0, 0.1) is 0 Å². The highest BCUT2D eigenvalue weighted by molar-refractivity contribution is 7.17. The molecule has 8 heteroatoms. The molecule has 0 amide bonds. The molecule has 0 radical (unpaired) electrons. The van der Waals surface area contributed by atoms with Crippen molar-refractivity contribution in [2.24, 2.45) is 0 Å². The summed E-state index contributed by atoms with van der Waals surface area (Å²) in [7, 11) is -7.29. The first-order valence-electron chi connectivity index (χ1n) is 5.60. The second-order valence-corrected chi connectivity index (χ2v) is 21.3. The fourth-order valence-corrected chi connectivity index (χ4v) is 18.6. The Hall–Kier alpha value is 1.04. The van der Waals surface area contributed by atoms with Crippen LogP contribution >= 0.6 is 11.1 Å². The van der Waals surface area contributed by atoms with Gasteiger partial charge >= 0.3 is 17.1 Å². The number of hydrogen-bond acceptors (Lipinski definition) is 3. The zero-order valence-corrected chi connectivity index (χ0v) is 16.6. The Balaban J connectivity index is 4.45. The molecule has 0 aliphatic carbocycles. The Labute approximate surface area is 110 Å². The van der Waals surface area contributed by atoms with E-state index in [0.29, 0.717) is 0 Å². The molecule has 0 aromatic carbocycles. The Kier molecular flexibility index (Phi) is 6.16. The van der Waals surface area contributed by atoms with E-state index in [1.807, 2.05) is 26.2 Å². The van der Waals surface area contributed by atoms with Gasteiger partial charge in [0.25, 0.3) is 7.63 Å². The maximum Gasteiger partial charge on any atom is 0.313 e. The van der Waals surface area contributed by atoms with Crippen LogP contribution in [-0.4, -0.2) is 33.8 Å². The summed E-state index contributed by atoms with van der Waals surface area (Å²) in [4.78, 5) is 0. The molecular formula is C8H25ClO3Si4. The molecule has 0 fully saturated rings. The van der Waals surface area contributed by atoms with Crippen LogP contribution in [0.1, 0.15) is 0 Å². The van der Waals surface area contributed by atoms with E-state index in [9.17, 15) is 0 Å². The van der Waals surface area contributed by atoms with Crippen molar-refractivity contribution in [3.63, 3.8) is 0 Å². The van der Waals surface area contributed by atoms with Gasteiger partial charge in [0.1, 0.15) is 0 Å². The lowest BCUT2D eigenvalue weighted by Gasteiger charge is -2.36. The van der Waals surface area contributed by atoms with E-state index >= 15 is 0 Å². The van der Waals surface area contributed by atoms with Crippen LogP contribution in [0.3, 0.4) is 0 Å². The SMILES string of the molecule is C[SiH](C)O[Si](C)(C)O[Si](C)(C)O[Si](C)(C)Cl. The van der Waals surface area contributed by atoms with Crippen LogP contribution in [0.4, 0.5) is 0 Å². The van der Waals surface area contributed by atoms with E-state index in [1.54, 1.807) is 0 Å². The molecule has 0 aliphatic rings. The van der Waals surface area contributed by atoms with Crippen molar-refractivity contribution >= 4 is 44.9 Å². The maximum absolute atomic E-state index is 6.21. The predicted molar refractivity (Wildman–Crippen MR) is 80.4 cm³/mol. The Bertz CT molecular complexity index is 228. The fraction of sp³-hybridized carbons (Fsp3) is 1.00. The Morgan fingerprint density at radius 1 is 0.812 bits per heavy atom. The van der Waals surface area contributed by atoms with E-state index in [2.05, 4.69) is 26.2 Å². The molecule has 0 aromatic heterocycles. The van der Waals surface area contributed by atoms with E-state index in [-0.39, 0.29) is 0 Å². The van der Waals surface area contributed by atoms with Crippen LogP contribution in [0.2, 0.25) is 52.4 Å². The Morgan fingerprint density at radius 2 is 1.25 bits per heavy atom. The van der Waals surface area contributed by atoms with Crippen molar-refractivity contribution < 1.29 is 12.3 Å². The molecule has 0 atom stereocenters. The minimum absolute atomic E-state index is 1.06. The second kappa shape index (κ2) is 5.79. The number of halogens is 1. The highest BCUT2D eigenvalue weighted by Crippen LogP contribution is 2.23. The fourth-order valence-electron chi connectivity index (χ4n) is 1.79. The van der Waals surface area contributed by atoms with E-state index in [1.165, 1.54) is 0 Å². The van der Waals surface area contributed by atoms with Gasteiger partial charge < -0.3 is 12.3 Å². The standard InChI is InChI=1S/C8H25ClO3Si4/c1-13(2)10-15(5,6)12-16(7,8)11-14(3,4)9/h13H,1-8H3. The first-order valence-corrected chi connectivity index (χ1v) is 17.9. The molecular weight excluding hydrogens is 292 g/mol. The smallest absolute Gasteiger partial charge is 0.313 e. The molecule has 0 saturated carbocycles. The third-order valence-electron chi connectivity index (χ3n) is 1.50. The average molecular weight is 317 g/mol. The topological polar surface area (TPSA) is 27.7 Å². The van der Waals surface area contributed by atoms with E-state index < -0.39 is 33.8 Å². The van der Waals surface area contributed by atoms with Crippen LogP contribution in [0.15, 0.2) is 0 Å². The summed E-state index contributed by atoms with van der Waals surface area (Å²) >= 11 is 6.21. The lowest BCUT2D eigenvalue weighted by Crippen LogP contribution is -2.53. The van der Waals surface area contributed by atoms with Crippen molar-refractivity contribution in [2.75, 3.05) is 0 Å². The van der Waals surface area contributed by atoms with Gasteiger partial charge in [0.15, 0.2) is 9.04 Å². The van der Waals surface area contributed by atoms with Crippen molar-refractivity contribution in [1.82, 2.24) is 0 Å². The minimum Gasteiger partial charge on any atom is -0.440 e. The van der Waals surface area contributed by atoms with Gasteiger partial charge in [-0.2, -0.15) is 0 Å². The van der Waals surface area contributed by atoms with Crippen molar-refractivity contribution in [3.8, 4) is 0 Å². The summed E-state index contributed by atoms with van der Waals surface area (Å²) < 4.78 is 18.0. The van der Waals surface area contributed by atoms with E-state index in [0.717, 1.165) is 0 Å². The lowest BCUT2D eigenvalue weighted by atomic mass is 11.9. The molecule has 16 heavy (non-hydrogen) atoms. The number of hydrogen-bond donors (Lipinski definition) is 0. The molecule has 0 heterocycles. The molecule has 0 unspecified atom stereocenters. The van der Waals surface area contributed by atoms with Gasteiger partial charge in [-0.1, -0.05) is 0 Å². The van der Waals surface area contributed by atoms with Crippen molar-refractivity contribution in [3.05, 3.63) is 0 Å². The van der Waals surface area contributed by atoms with Crippen molar-refractivity contribution in [1.29, 1.82) is 0 Å². The van der Waals surface area contributed by atoms with Gasteiger partial charge in [-0.05, 0) is 52.4 Å². The average Bonchev–Trinajstić information content (AvgIpc) is 1.69.